The minimum Gasteiger partial charge on any atom is -0.400 e. The highest BCUT2D eigenvalue weighted by atomic mass is 35.5. The van der Waals surface area contributed by atoms with Gasteiger partial charge >= 0.3 is 0 Å². The Bertz CT molecular complexity index is 830. The molecule has 2 aliphatic heterocycles. The van der Waals surface area contributed by atoms with E-state index in [1.54, 1.807) is 11.1 Å². The molecule has 1 aromatic carbocycles. The van der Waals surface area contributed by atoms with Crippen LogP contribution in [0.25, 0.3) is 0 Å². The number of hydrogen-bond donors (Lipinski definition) is 4. The number of aliphatic hydroxyl groups excluding tert-OH is 1. The molecule has 0 radical (unpaired) electrons. The summed E-state index contributed by atoms with van der Waals surface area (Å²) in [5.41, 5.74) is 6.86. The van der Waals surface area contributed by atoms with Crippen molar-refractivity contribution in [1.82, 2.24) is 9.91 Å². The van der Waals surface area contributed by atoms with Crippen molar-refractivity contribution in [1.29, 1.82) is 0 Å². The van der Waals surface area contributed by atoms with Gasteiger partial charge in [-0.15, -0.1) is 0 Å². The third kappa shape index (κ3) is 4.43. The van der Waals surface area contributed by atoms with Crippen LogP contribution in [-0.4, -0.2) is 71.0 Å². The molecule has 1 saturated heterocycles. The number of fused-ring (bicyclic) bond motifs is 2. The summed E-state index contributed by atoms with van der Waals surface area (Å²) in [4.78, 5) is 17.0. The number of nitrogens with two attached hydrogens (primary N) is 2. The van der Waals surface area contributed by atoms with Gasteiger partial charge in [-0.2, -0.15) is 0 Å². The van der Waals surface area contributed by atoms with Gasteiger partial charge in [-0.25, -0.2) is 5.84 Å². The van der Waals surface area contributed by atoms with Gasteiger partial charge in [0.25, 0.3) is 0 Å². The van der Waals surface area contributed by atoms with Gasteiger partial charge in [-0.3, -0.25) is 9.69 Å². The van der Waals surface area contributed by atoms with E-state index >= 15 is 0 Å². The van der Waals surface area contributed by atoms with E-state index in [0.717, 1.165) is 24.3 Å². The molecule has 0 saturated carbocycles. The molecule has 1 spiro atoms. The van der Waals surface area contributed by atoms with Crippen LogP contribution in [0.4, 0.5) is 5.69 Å². The number of carbonyl (C=O) groups is 1. The van der Waals surface area contributed by atoms with Crippen LogP contribution in [-0.2, 0) is 10.2 Å². The van der Waals surface area contributed by atoms with Crippen molar-refractivity contribution in [2.45, 2.75) is 43.8 Å². The Balaban J connectivity index is 1.62. The molecule has 1 unspecified atom stereocenters. The number of carbonyl (C=O) groups excluding carboxylic acids is 1. The zero-order chi connectivity index (χ0) is 22.3. The maximum atomic E-state index is 13.1. The number of hydrazine groups is 1. The molecule has 30 heavy (non-hydrogen) atoms. The first-order valence-electron chi connectivity index (χ1n) is 10.1. The van der Waals surface area contributed by atoms with Crippen molar-refractivity contribution in [3.8, 4) is 0 Å². The summed E-state index contributed by atoms with van der Waals surface area (Å²) in [6.45, 7) is 5.05. The van der Waals surface area contributed by atoms with E-state index < -0.39 is 17.1 Å². The van der Waals surface area contributed by atoms with E-state index in [9.17, 15) is 15.0 Å². The smallest absolute Gasteiger partial charge is 0.237 e. The van der Waals surface area contributed by atoms with Crippen molar-refractivity contribution in [2.24, 2.45) is 11.6 Å². The number of amides is 1. The number of halogens is 1. The Morgan fingerprint density at radius 3 is 2.63 bits per heavy atom. The van der Waals surface area contributed by atoms with E-state index in [4.69, 9.17) is 23.2 Å². The molecule has 1 aromatic rings. The molecule has 6 N–H and O–H groups in total. The maximum absolute atomic E-state index is 13.1. The normalized spacial score (nSPS) is 20.6. The average Bonchev–Trinajstić information content (AvgIpc) is 2.84. The summed E-state index contributed by atoms with van der Waals surface area (Å²) < 4.78 is 0. The molecule has 0 aliphatic carbocycles. The predicted octanol–water partition coefficient (Wildman–Crippen LogP) is 0.758. The summed E-state index contributed by atoms with van der Waals surface area (Å²) >= 11 is 6.22. The van der Waals surface area contributed by atoms with Crippen LogP contribution in [0.5, 0.6) is 0 Å². The van der Waals surface area contributed by atoms with Crippen LogP contribution >= 0.6 is 11.6 Å². The number of anilines is 1. The van der Waals surface area contributed by atoms with Crippen molar-refractivity contribution >= 4 is 23.2 Å². The molecule has 2 heterocycles. The number of likely N-dealkylation sites (N-methyl/N-ethyl adjacent to an activating group) is 1. The van der Waals surface area contributed by atoms with Crippen LogP contribution in [0.15, 0.2) is 30.1 Å². The zero-order valence-electron chi connectivity index (χ0n) is 17.8. The van der Waals surface area contributed by atoms with Gasteiger partial charge in [0.1, 0.15) is 6.10 Å². The minimum absolute atomic E-state index is 0.0612. The number of aliphatic hydroxyl groups is 2. The van der Waals surface area contributed by atoms with E-state index in [0.29, 0.717) is 30.1 Å². The Hall–Kier alpha value is -1.84. The number of piperidine rings is 1. The van der Waals surface area contributed by atoms with Crippen molar-refractivity contribution in [3.05, 3.63) is 40.7 Å². The van der Waals surface area contributed by atoms with Crippen molar-refractivity contribution < 1.29 is 15.0 Å². The molecule has 8 nitrogen and oxygen atoms in total. The Morgan fingerprint density at radius 2 is 2.03 bits per heavy atom. The van der Waals surface area contributed by atoms with E-state index in [1.807, 2.05) is 25.2 Å². The number of likely N-dealkylation sites (tertiary alicyclic amines) is 1. The lowest BCUT2D eigenvalue weighted by atomic mass is 9.73. The van der Waals surface area contributed by atoms with Gasteiger partial charge in [-0.05, 0) is 63.5 Å². The molecule has 166 valence electrons. The molecule has 1 fully saturated rings. The first kappa shape index (κ1) is 22.8. The summed E-state index contributed by atoms with van der Waals surface area (Å²) in [7, 11) is 1.81. The van der Waals surface area contributed by atoms with E-state index in [1.165, 1.54) is 18.9 Å². The molecule has 2 aliphatic rings. The lowest BCUT2D eigenvalue weighted by Crippen LogP contribution is -2.49. The Kier molecular flexibility index (Phi) is 6.36. The van der Waals surface area contributed by atoms with E-state index in [-0.39, 0.29) is 12.5 Å². The van der Waals surface area contributed by atoms with Gasteiger partial charge < -0.3 is 25.9 Å². The molecule has 1 amide bonds. The molecule has 0 aromatic heterocycles. The van der Waals surface area contributed by atoms with Crippen LogP contribution in [0.1, 0.15) is 32.3 Å². The van der Waals surface area contributed by atoms with Crippen LogP contribution in [0, 0.1) is 0 Å². The highest BCUT2D eigenvalue weighted by Gasteiger charge is 2.50. The predicted molar refractivity (Wildman–Crippen MR) is 118 cm³/mol. The number of benzene rings is 1. The summed E-state index contributed by atoms with van der Waals surface area (Å²) in [6.07, 6.45) is 1.96. The minimum atomic E-state index is -1.25. The molecule has 3 rings (SSSR count). The first-order valence-corrected chi connectivity index (χ1v) is 10.5. The summed E-state index contributed by atoms with van der Waals surface area (Å²) in [5.74, 6) is 6.02. The Labute approximate surface area is 182 Å². The SMILES string of the molecule is CN1C(=O)C2(CCN(C/C(N)=C/N(N)CC(O)C(C)(C)O)CC2)c2cc(Cl)ccc21. The molecular weight excluding hydrogens is 406 g/mol. The van der Waals surface area contributed by atoms with Crippen molar-refractivity contribution in [3.63, 3.8) is 0 Å². The van der Waals surface area contributed by atoms with Gasteiger partial charge in [0.15, 0.2) is 0 Å². The number of hydrogen-bond acceptors (Lipinski definition) is 7. The first-order chi connectivity index (χ1) is 13.9. The van der Waals surface area contributed by atoms with Crippen LogP contribution in [0.2, 0.25) is 5.02 Å². The standard InChI is InChI=1S/C21H32ClN5O3/c1-20(2,30)18(28)13-27(24)12-15(23)11-26-8-6-21(7-9-26)16-10-14(22)4-5-17(16)25(3)19(21)29/h4-5,10,12,18,28,30H,6-9,11,13,23-24H2,1-3H3/b15-12-. The highest BCUT2D eigenvalue weighted by molar-refractivity contribution is 6.31. The molecule has 0 bridgehead atoms. The van der Waals surface area contributed by atoms with Gasteiger partial charge in [-0.1, -0.05) is 11.6 Å². The molecule has 9 heteroatoms. The summed E-state index contributed by atoms with van der Waals surface area (Å²) in [5, 5.41) is 21.7. The van der Waals surface area contributed by atoms with E-state index in [2.05, 4.69) is 4.90 Å². The third-order valence-corrected chi connectivity index (χ3v) is 6.43. The average molecular weight is 438 g/mol. The van der Waals surface area contributed by atoms with Crippen LogP contribution in [0.3, 0.4) is 0 Å². The number of nitrogens with zero attached hydrogens (tertiary/aromatic N) is 3. The fourth-order valence-corrected chi connectivity index (χ4v) is 4.47. The fraction of sp³-hybridized carbons (Fsp3) is 0.571. The van der Waals surface area contributed by atoms with Gasteiger partial charge in [0.2, 0.25) is 5.91 Å². The highest BCUT2D eigenvalue weighted by Crippen LogP contribution is 2.48. The second-order valence-corrected chi connectivity index (χ2v) is 9.39. The van der Waals surface area contributed by atoms with Crippen LogP contribution < -0.4 is 16.5 Å². The molecule has 1 atom stereocenters. The number of rotatable bonds is 6. The van der Waals surface area contributed by atoms with Crippen molar-refractivity contribution in [2.75, 3.05) is 38.1 Å². The lowest BCUT2D eigenvalue weighted by Gasteiger charge is -2.38. The van der Waals surface area contributed by atoms with Gasteiger partial charge in [0, 0.05) is 36.2 Å². The van der Waals surface area contributed by atoms with Gasteiger partial charge in [0.05, 0.1) is 17.6 Å². The monoisotopic (exact) mass is 437 g/mol. The summed E-state index contributed by atoms with van der Waals surface area (Å²) in [6, 6.07) is 5.65. The fourth-order valence-electron chi connectivity index (χ4n) is 4.29. The second-order valence-electron chi connectivity index (χ2n) is 8.95. The maximum Gasteiger partial charge on any atom is 0.237 e. The topological polar surface area (TPSA) is 119 Å². The molecular formula is C21H32ClN5O3. The zero-order valence-corrected chi connectivity index (χ0v) is 18.6. The Morgan fingerprint density at radius 1 is 1.40 bits per heavy atom. The quantitative estimate of drug-likeness (QED) is 0.383. The second kappa shape index (κ2) is 8.36. The lowest BCUT2D eigenvalue weighted by molar-refractivity contribution is -0.124. The third-order valence-electron chi connectivity index (χ3n) is 6.20. The largest absolute Gasteiger partial charge is 0.400 e.